The number of anilines is 3. The van der Waals surface area contributed by atoms with Gasteiger partial charge < -0.3 is 9.47 Å². The van der Waals surface area contributed by atoms with Crippen LogP contribution in [0.2, 0.25) is 0 Å². The summed E-state index contributed by atoms with van der Waals surface area (Å²) in [5.74, 6) is -1.37. The molecule has 0 heterocycles. The Kier molecular flexibility index (Phi) is 7.64. The number of rotatable bonds is 7. The molecule has 0 spiro atoms. The van der Waals surface area contributed by atoms with Gasteiger partial charge >= 0.3 is 12.7 Å². The average molecular weight is 603 g/mol. The minimum absolute atomic E-state index is 0.273. The molecule has 0 aromatic heterocycles. The van der Waals surface area contributed by atoms with Gasteiger partial charge in [0.15, 0.2) is 0 Å². The van der Waals surface area contributed by atoms with E-state index in [2.05, 4.69) is 25.4 Å². The van der Waals surface area contributed by atoms with E-state index in [0.29, 0.717) is 8.78 Å². The quantitative estimate of drug-likeness (QED) is 0.240. The Morgan fingerprint density at radius 2 is 1.19 bits per heavy atom. The van der Waals surface area contributed by atoms with Crippen LogP contribution in [0.4, 0.5) is 43.4 Å². The van der Waals surface area contributed by atoms with Gasteiger partial charge in [0, 0.05) is 4.47 Å². The molecule has 194 valence electrons. The molecule has 0 atom stereocenters. The molecule has 0 radical (unpaired) electrons. The fraction of sp³-hybridized carbons (Fsp3) is 0.100. The van der Waals surface area contributed by atoms with Crippen molar-refractivity contribution in [1.29, 1.82) is 0 Å². The summed E-state index contributed by atoms with van der Waals surface area (Å²) in [6.07, 6.45) is -10.0. The van der Waals surface area contributed by atoms with Crippen molar-refractivity contribution in [3.05, 3.63) is 71.2 Å². The van der Waals surface area contributed by atoms with Gasteiger partial charge in [-0.1, -0.05) is 15.9 Å². The number of nitrogens with zero attached hydrogens (tertiary/aromatic N) is 2. The lowest BCUT2D eigenvalue weighted by Crippen LogP contribution is -2.28. The van der Waals surface area contributed by atoms with Gasteiger partial charge in [-0.3, -0.25) is 10.4 Å². The zero-order valence-corrected chi connectivity index (χ0v) is 19.7. The van der Waals surface area contributed by atoms with Crippen molar-refractivity contribution in [2.75, 3.05) is 9.53 Å². The van der Waals surface area contributed by atoms with E-state index in [1.54, 1.807) is 0 Å². The molecular formula is C20H13BrF6N2O6S. The monoisotopic (exact) mass is 602 g/mol. The Labute approximate surface area is 207 Å². The van der Waals surface area contributed by atoms with Crippen molar-refractivity contribution in [2.45, 2.75) is 17.6 Å². The van der Waals surface area contributed by atoms with Gasteiger partial charge in [-0.15, -0.1) is 31.6 Å². The molecule has 8 nitrogen and oxygen atoms in total. The summed E-state index contributed by atoms with van der Waals surface area (Å²) in [7, 11) is -4.72. The normalized spacial score (nSPS) is 12.2. The third-order valence-electron chi connectivity index (χ3n) is 4.27. The molecule has 3 rings (SSSR count). The molecule has 36 heavy (non-hydrogen) atoms. The number of halogens is 7. The first-order chi connectivity index (χ1) is 16.6. The van der Waals surface area contributed by atoms with Gasteiger partial charge in [0.05, 0.1) is 16.3 Å². The van der Waals surface area contributed by atoms with Gasteiger partial charge in [-0.2, -0.15) is 0 Å². The highest BCUT2D eigenvalue weighted by Crippen LogP contribution is 2.40. The molecular weight excluding hydrogens is 590 g/mol. The first kappa shape index (κ1) is 27.4. The van der Waals surface area contributed by atoms with E-state index >= 15 is 0 Å². The van der Waals surface area contributed by atoms with E-state index in [9.17, 15) is 45.2 Å². The van der Waals surface area contributed by atoms with Crippen LogP contribution in [0.3, 0.4) is 0 Å². The molecule has 0 aliphatic rings. The molecule has 0 saturated heterocycles. The second kappa shape index (κ2) is 10.0. The largest absolute Gasteiger partial charge is 0.573 e. The highest BCUT2D eigenvalue weighted by Gasteiger charge is 2.34. The van der Waals surface area contributed by atoms with Crippen molar-refractivity contribution >= 4 is 43.0 Å². The summed E-state index contributed by atoms with van der Waals surface area (Å²) in [4.78, 5) is -0.552. The molecule has 16 heteroatoms. The summed E-state index contributed by atoms with van der Waals surface area (Å²) in [6, 6.07) is 10.2. The Morgan fingerprint density at radius 1 is 0.722 bits per heavy atom. The van der Waals surface area contributed by atoms with E-state index < -0.39 is 44.8 Å². The van der Waals surface area contributed by atoms with Crippen molar-refractivity contribution in [2.24, 2.45) is 0 Å². The van der Waals surface area contributed by atoms with Gasteiger partial charge in [0.2, 0.25) is 0 Å². The first-order valence-electron chi connectivity index (χ1n) is 9.31. The molecule has 0 aliphatic carbocycles. The molecule has 2 N–H and O–H groups in total. The first-order valence-corrected chi connectivity index (χ1v) is 11.5. The molecule has 0 aliphatic heterocycles. The van der Waals surface area contributed by atoms with Crippen LogP contribution < -0.4 is 19.0 Å². The van der Waals surface area contributed by atoms with Crippen LogP contribution in [0.25, 0.3) is 0 Å². The number of alkyl halides is 6. The van der Waals surface area contributed by atoms with Crippen molar-refractivity contribution in [3.8, 4) is 11.5 Å². The second-order valence-electron chi connectivity index (χ2n) is 6.75. The smallest absolute Gasteiger partial charge is 0.406 e. The maximum Gasteiger partial charge on any atom is 0.573 e. The number of benzene rings is 3. The average Bonchev–Trinajstić information content (AvgIpc) is 2.74. The zero-order chi connectivity index (χ0) is 26.9. The fourth-order valence-corrected chi connectivity index (χ4v) is 4.79. The van der Waals surface area contributed by atoms with Crippen molar-refractivity contribution in [1.82, 2.24) is 0 Å². The summed E-state index contributed by atoms with van der Waals surface area (Å²) in [6.45, 7) is 0. The summed E-state index contributed by atoms with van der Waals surface area (Å²) < 4.78 is 110. The fourth-order valence-electron chi connectivity index (χ4n) is 2.94. The van der Waals surface area contributed by atoms with E-state index in [-0.39, 0.29) is 16.6 Å². The molecule has 0 fully saturated rings. The summed E-state index contributed by atoms with van der Waals surface area (Å²) >= 11 is 3.09. The Balaban J connectivity index is 2.15. The maximum atomic E-state index is 13.6. The van der Waals surface area contributed by atoms with Crippen LogP contribution in [0, 0.1) is 0 Å². The molecule has 0 unspecified atom stereocenters. The van der Waals surface area contributed by atoms with E-state index in [0.717, 1.165) is 60.7 Å². The van der Waals surface area contributed by atoms with Gasteiger partial charge in [0.25, 0.3) is 10.0 Å². The van der Waals surface area contributed by atoms with Crippen LogP contribution in [-0.4, -0.2) is 31.6 Å². The van der Waals surface area contributed by atoms with E-state index in [4.69, 9.17) is 0 Å². The lowest BCUT2D eigenvalue weighted by Gasteiger charge is -2.28. The highest BCUT2D eigenvalue weighted by atomic mass is 79.9. The third-order valence-corrected chi connectivity index (χ3v) is 6.52. The predicted octanol–water partition coefficient (Wildman–Crippen LogP) is 6.36. The van der Waals surface area contributed by atoms with E-state index in [1.165, 1.54) is 6.07 Å². The van der Waals surface area contributed by atoms with Gasteiger partial charge in [0.1, 0.15) is 17.2 Å². The summed E-state index contributed by atoms with van der Waals surface area (Å²) in [5.41, 5.74) is -1.12. The third kappa shape index (κ3) is 6.71. The minimum atomic E-state index is -5.02. The zero-order valence-electron chi connectivity index (χ0n) is 17.3. The maximum absolute atomic E-state index is 13.6. The van der Waals surface area contributed by atoms with Crippen LogP contribution in [0.1, 0.15) is 0 Å². The van der Waals surface area contributed by atoms with Crippen molar-refractivity contribution < 1.29 is 54.6 Å². The predicted molar refractivity (Wildman–Crippen MR) is 116 cm³/mol. The topological polar surface area (TPSA) is 99.5 Å². The Morgan fingerprint density at radius 3 is 1.64 bits per heavy atom. The Bertz CT molecular complexity index is 1320. The lowest BCUT2D eigenvalue weighted by molar-refractivity contribution is -0.275. The van der Waals surface area contributed by atoms with Gasteiger partial charge in [-0.05, 0) is 66.7 Å². The second-order valence-corrected chi connectivity index (χ2v) is 9.46. The molecule has 0 amide bonds. The summed E-state index contributed by atoms with van der Waals surface area (Å²) in [5, 5.41) is 18.9. The SMILES string of the molecule is O=S(=O)(c1ccc(OC(F)(F)F)cc1)N(c1ccc(OC(F)(F)F)cc1)c1ccc(Br)cc1N(O)O. The lowest BCUT2D eigenvalue weighted by atomic mass is 10.2. The number of hydrogen-bond acceptors (Lipinski definition) is 7. The van der Waals surface area contributed by atoms with E-state index in [1.807, 2.05) is 0 Å². The standard InChI is InChI=1S/C20H13BrF6N2O6S/c21-12-1-10-17(18(11-12)29(30)31)28(13-2-4-14(5-3-13)34-19(22,23)24)36(32,33)16-8-6-15(7-9-16)35-20(25,26)27/h1-11,30-31H. The van der Waals surface area contributed by atoms with Crippen molar-refractivity contribution in [3.63, 3.8) is 0 Å². The van der Waals surface area contributed by atoms with Gasteiger partial charge in [-0.25, -0.2) is 12.7 Å². The van der Waals surface area contributed by atoms with Crippen LogP contribution in [-0.2, 0) is 10.0 Å². The van der Waals surface area contributed by atoms with Crippen LogP contribution in [0.5, 0.6) is 11.5 Å². The number of hydrogen-bond donors (Lipinski definition) is 2. The number of sulfonamides is 1. The molecule has 0 bridgehead atoms. The molecule has 0 saturated carbocycles. The van der Waals surface area contributed by atoms with Crippen LogP contribution >= 0.6 is 15.9 Å². The van der Waals surface area contributed by atoms with Crippen LogP contribution in [0.15, 0.2) is 76.1 Å². The molecule has 3 aromatic carbocycles. The minimum Gasteiger partial charge on any atom is -0.406 e. The Hall–Kier alpha value is -3.21. The molecule has 3 aromatic rings. The highest BCUT2D eigenvalue weighted by molar-refractivity contribution is 9.10. The number of ether oxygens (including phenoxy) is 2.